The number of esters is 1. The summed E-state index contributed by atoms with van der Waals surface area (Å²) in [6.45, 7) is 12.3. The minimum Gasteiger partial charge on any atom is -0.426 e. The Labute approximate surface area is 217 Å². The number of hydrogen-bond donors (Lipinski definition) is 0. The predicted molar refractivity (Wildman–Crippen MR) is 142 cm³/mol. The van der Waals surface area contributed by atoms with Gasteiger partial charge in [0.1, 0.15) is 10.5 Å². The number of carbonyl (C=O) groups excluding carboxylic acids is 2. The first-order chi connectivity index (χ1) is 17.0. The second-order valence-corrected chi connectivity index (χ2v) is 11.6. The summed E-state index contributed by atoms with van der Waals surface area (Å²) in [5, 5.41) is 0.884. The summed E-state index contributed by atoms with van der Waals surface area (Å²) >= 11 is 1.59. The van der Waals surface area contributed by atoms with E-state index < -0.39 is 29.6 Å². The number of benzene rings is 1. The van der Waals surface area contributed by atoms with Crippen LogP contribution in [0.3, 0.4) is 0 Å². The Morgan fingerprint density at radius 3 is 2.44 bits per heavy atom. The molecule has 0 aliphatic carbocycles. The highest BCUT2D eigenvalue weighted by atomic mass is 32.1. The molecule has 1 aromatic heterocycles. The van der Waals surface area contributed by atoms with Gasteiger partial charge in [-0.05, 0) is 37.6 Å². The molecule has 2 atom stereocenters. The molecule has 10 heteroatoms. The molecule has 2 aromatic rings. The zero-order valence-corrected chi connectivity index (χ0v) is 22.6. The zero-order valence-electron chi connectivity index (χ0n) is 21.8. The number of hydrogen-bond acceptors (Lipinski definition) is 8. The average Bonchev–Trinajstić information content (AvgIpc) is 3.10. The molecule has 0 saturated carbocycles. The number of fused-ring (bicyclic) bond motifs is 2. The van der Waals surface area contributed by atoms with E-state index in [0.29, 0.717) is 11.4 Å². The van der Waals surface area contributed by atoms with Gasteiger partial charge in [-0.3, -0.25) is 4.79 Å². The van der Waals surface area contributed by atoms with Gasteiger partial charge in [-0.2, -0.15) is 0 Å². The van der Waals surface area contributed by atoms with Crippen LogP contribution in [0.25, 0.3) is 5.82 Å². The first-order valence-electron chi connectivity index (χ1n) is 12.1. The first-order valence-corrected chi connectivity index (χ1v) is 13.0. The third-order valence-electron chi connectivity index (χ3n) is 6.35. The van der Waals surface area contributed by atoms with Gasteiger partial charge < -0.3 is 19.3 Å². The van der Waals surface area contributed by atoms with E-state index in [1.54, 1.807) is 16.2 Å². The zero-order chi connectivity index (χ0) is 26.2. The van der Waals surface area contributed by atoms with Crippen molar-refractivity contribution in [3.05, 3.63) is 45.1 Å². The van der Waals surface area contributed by atoms with Crippen LogP contribution in [0.4, 0.5) is 16.2 Å². The lowest BCUT2D eigenvalue weighted by Crippen LogP contribution is -2.51. The van der Waals surface area contributed by atoms with Gasteiger partial charge in [0.2, 0.25) is 6.29 Å². The molecule has 190 valence electrons. The molecule has 1 fully saturated rings. The van der Waals surface area contributed by atoms with Gasteiger partial charge in [0, 0.05) is 43.8 Å². The standard InChI is InChI=1S/C26H33BN4O4S/c1-16-15-18-22(36-16)28-19-9-7-8-10-20(19)31(23(18)30-13-11-29(6)12-14-30)25(33)35-17(2)34-24(32)21(27)26(3,4)5/h7-10,15,17,21H,11-14H2,1-6H3. The molecule has 0 N–H and O–H groups in total. The lowest BCUT2D eigenvalue weighted by molar-refractivity contribution is -0.166. The summed E-state index contributed by atoms with van der Waals surface area (Å²) in [6, 6.07) is 9.56. The van der Waals surface area contributed by atoms with Gasteiger partial charge in [-0.15, -0.1) is 11.3 Å². The number of aryl methyl sites for hydroxylation is 1. The highest BCUT2D eigenvalue weighted by Crippen LogP contribution is 2.35. The number of para-hydroxylation sites is 2. The van der Waals surface area contributed by atoms with Crippen molar-refractivity contribution in [2.24, 2.45) is 10.4 Å². The summed E-state index contributed by atoms with van der Waals surface area (Å²) in [7, 11) is 8.12. The summed E-state index contributed by atoms with van der Waals surface area (Å²) in [5.74, 6) is -0.737. The van der Waals surface area contributed by atoms with Crippen LogP contribution in [0.15, 0.2) is 35.3 Å². The Morgan fingerprint density at radius 2 is 1.78 bits per heavy atom. The summed E-state index contributed by atoms with van der Waals surface area (Å²) in [6.07, 6.45) is -1.77. The normalized spacial score (nSPS) is 17.9. The van der Waals surface area contributed by atoms with Crippen LogP contribution in [-0.4, -0.2) is 69.2 Å². The van der Waals surface area contributed by atoms with Crippen molar-refractivity contribution in [3.63, 3.8) is 0 Å². The van der Waals surface area contributed by atoms with E-state index in [1.165, 1.54) is 6.92 Å². The van der Waals surface area contributed by atoms with Gasteiger partial charge in [0.05, 0.1) is 24.4 Å². The van der Waals surface area contributed by atoms with Crippen LogP contribution >= 0.6 is 11.3 Å². The van der Waals surface area contributed by atoms with Crippen LogP contribution in [-0.2, 0) is 14.3 Å². The number of nitrogens with zero attached hydrogens (tertiary/aromatic N) is 4. The minimum absolute atomic E-state index is 0.485. The molecule has 2 radical (unpaired) electrons. The van der Waals surface area contributed by atoms with Crippen LogP contribution in [0.1, 0.15) is 32.6 Å². The van der Waals surface area contributed by atoms with Crippen LogP contribution in [0, 0.1) is 12.3 Å². The Bertz CT molecular complexity index is 1260. The maximum Gasteiger partial charge on any atom is 0.423 e. The number of amides is 1. The third kappa shape index (κ3) is 5.44. The molecular weight excluding hydrogens is 475 g/mol. The van der Waals surface area contributed by atoms with Crippen LogP contribution < -0.4 is 14.8 Å². The molecule has 2 aliphatic rings. The second-order valence-electron chi connectivity index (χ2n) is 10.4. The predicted octanol–water partition coefficient (Wildman–Crippen LogP) is 3.17. The number of thiophene rings is 1. The average molecular weight is 508 g/mol. The lowest BCUT2D eigenvalue weighted by atomic mass is 9.68. The Hall–Kier alpha value is -2.85. The number of piperazine rings is 1. The largest absolute Gasteiger partial charge is 0.426 e. The monoisotopic (exact) mass is 508 g/mol. The minimum atomic E-state index is -1.12. The molecule has 1 saturated heterocycles. The Morgan fingerprint density at radius 1 is 1.11 bits per heavy atom. The highest BCUT2D eigenvalue weighted by Gasteiger charge is 2.34. The van der Waals surface area contributed by atoms with E-state index in [1.807, 2.05) is 52.0 Å². The van der Waals surface area contributed by atoms with E-state index in [9.17, 15) is 9.59 Å². The fraction of sp³-hybridized carbons (Fsp3) is 0.500. The van der Waals surface area contributed by atoms with Crippen LogP contribution in [0.2, 0.25) is 5.82 Å². The van der Waals surface area contributed by atoms with Crippen molar-refractivity contribution in [1.82, 2.24) is 9.80 Å². The van der Waals surface area contributed by atoms with E-state index in [0.717, 1.165) is 46.8 Å². The van der Waals surface area contributed by atoms with Crippen molar-refractivity contribution < 1.29 is 19.1 Å². The van der Waals surface area contributed by atoms with Crippen molar-refractivity contribution in [1.29, 1.82) is 0 Å². The van der Waals surface area contributed by atoms with E-state index in [4.69, 9.17) is 22.3 Å². The molecule has 8 nitrogen and oxygen atoms in total. The molecular formula is C26H33BN4O4S. The topological polar surface area (TPSA) is 74.7 Å². The van der Waals surface area contributed by atoms with Crippen molar-refractivity contribution in [3.8, 4) is 0 Å². The third-order valence-corrected chi connectivity index (χ3v) is 7.30. The fourth-order valence-electron chi connectivity index (χ4n) is 4.16. The van der Waals surface area contributed by atoms with Gasteiger partial charge in [0.25, 0.3) is 0 Å². The summed E-state index contributed by atoms with van der Waals surface area (Å²) in [5.41, 5.74) is 0.797. The molecule has 2 unspecified atom stereocenters. The molecule has 0 bridgehead atoms. The Kier molecular flexibility index (Phi) is 7.47. The number of ether oxygens (including phenoxy) is 2. The van der Waals surface area contributed by atoms with Gasteiger partial charge in [-0.25, -0.2) is 14.7 Å². The molecule has 36 heavy (non-hydrogen) atoms. The molecule has 3 heterocycles. The van der Waals surface area contributed by atoms with Gasteiger partial charge in [-0.1, -0.05) is 32.9 Å². The van der Waals surface area contributed by atoms with E-state index in [-0.39, 0.29) is 0 Å². The molecule has 1 amide bonds. The SMILES string of the molecule is [B]C(C(=O)OC(C)OC(=O)N1C(N2CCN(C)CC2)=c2cc(C)sc2=Nc2ccccc21)C(C)(C)C. The molecule has 1 aromatic carbocycles. The molecule has 4 rings (SSSR count). The number of rotatable bonds is 4. The molecule has 2 aliphatic heterocycles. The van der Waals surface area contributed by atoms with Crippen LogP contribution in [0.5, 0.6) is 0 Å². The fourth-order valence-corrected chi connectivity index (χ4v) is 5.05. The first kappa shape index (κ1) is 26.2. The highest BCUT2D eigenvalue weighted by molar-refractivity contribution is 7.09. The quantitative estimate of drug-likeness (QED) is 0.359. The van der Waals surface area contributed by atoms with E-state index in [2.05, 4.69) is 22.9 Å². The maximum atomic E-state index is 13.8. The van der Waals surface area contributed by atoms with E-state index >= 15 is 0 Å². The number of anilines is 1. The number of carbonyl (C=O) groups is 2. The van der Waals surface area contributed by atoms with Gasteiger partial charge >= 0.3 is 12.1 Å². The summed E-state index contributed by atoms with van der Waals surface area (Å²) < 4.78 is 11.9. The maximum absolute atomic E-state index is 13.8. The smallest absolute Gasteiger partial charge is 0.423 e. The number of likely N-dealkylation sites (N-methyl/N-ethyl adjacent to an activating group) is 1. The van der Waals surface area contributed by atoms with Crippen molar-refractivity contribution in [2.75, 3.05) is 38.1 Å². The second kappa shape index (κ2) is 10.3. The van der Waals surface area contributed by atoms with Crippen molar-refractivity contribution >= 4 is 48.4 Å². The summed E-state index contributed by atoms with van der Waals surface area (Å²) in [4.78, 5) is 38.4. The van der Waals surface area contributed by atoms with Crippen molar-refractivity contribution in [2.45, 2.75) is 46.7 Å². The Balaban J connectivity index is 1.73. The molecule has 0 spiro atoms. The van der Waals surface area contributed by atoms with Gasteiger partial charge in [0.15, 0.2) is 0 Å². The lowest BCUT2D eigenvalue weighted by Gasteiger charge is -2.39.